The molecule has 18 heavy (non-hydrogen) atoms. The maximum absolute atomic E-state index is 11.9. The number of nitrogens with zero attached hydrogens (tertiary/aromatic N) is 1. The van der Waals surface area contributed by atoms with Crippen LogP contribution in [0.2, 0.25) is 0 Å². The Hall–Kier alpha value is -2.14. The molecule has 0 heterocycles. The fourth-order valence-electron chi connectivity index (χ4n) is 1.41. The molecule has 1 aromatic rings. The quantitative estimate of drug-likeness (QED) is 0.758. The minimum absolute atomic E-state index is 0.0964. The summed E-state index contributed by atoms with van der Waals surface area (Å²) in [6.45, 7) is 0.162. The number of aliphatic hydroxyl groups is 1. The van der Waals surface area contributed by atoms with Crippen LogP contribution in [0.1, 0.15) is 15.9 Å². The summed E-state index contributed by atoms with van der Waals surface area (Å²) in [6.07, 6.45) is 2.44. The van der Waals surface area contributed by atoms with Gasteiger partial charge in [0, 0.05) is 25.2 Å². The van der Waals surface area contributed by atoms with E-state index >= 15 is 0 Å². The van der Waals surface area contributed by atoms with Gasteiger partial charge < -0.3 is 15.1 Å². The van der Waals surface area contributed by atoms with Crippen LogP contribution in [-0.4, -0.2) is 47.2 Å². The molecule has 0 aliphatic rings. The fourth-order valence-corrected chi connectivity index (χ4v) is 1.41. The van der Waals surface area contributed by atoms with Crippen LogP contribution < -0.4 is 0 Å². The zero-order valence-corrected chi connectivity index (χ0v) is 10.0. The van der Waals surface area contributed by atoms with E-state index in [1.807, 2.05) is 0 Å². The number of hydrogen-bond donors (Lipinski definition) is 2. The van der Waals surface area contributed by atoms with Gasteiger partial charge in [-0.2, -0.15) is 0 Å². The standard InChI is InChI=1S/C13H15NO4/c1-14(7-8-15)13(18)11-4-2-3-10(9-11)5-6-12(16)17/h2-6,9,15H,7-8H2,1H3,(H,16,17)/b6-5+. The number of hydrogen-bond acceptors (Lipinski definition) is 3. The first-order valence-electron chi connectivity index (χ1n) is 5.42. The van der Waals surface area contributed by atoms with Crippen LogP contribution in [0.5, 0.6) is 0 Å². The second kappa shape index (κ2) is 6.56. The molecule has 0 spiro atoms. The van der Waals surface area contributed by atoms with Crippen LogP contribution in [0.3, 0.4) is 0 Å². The number of carbonyl (C=O) groups is 2. The van der Waals surface area contributed by atoms with Gasteiger partial charge in [0.15, 0.2) is 0 Å². The summed E-state index contributed by atoms with van der Waals surface area (Å²) in [6, 6.07) is 6.65. The number of aliphatic hydroxyl groups excluding tert-OH is 1. The highest BCUT2D eigenvalue weighted by atomic mass is 16.4. The molecule has 1 amide bonds. The van der Waals surface area contributed by atoms with Gasteiger partial charge in [0.05, 0.1) is 6.61 Å². The molecular formula is C13H15NO4. The minimum atomic E-state index is -1.04. The van der Waals surface area contributed by atoms with Crippen molar-refractivity contribution in [1.82, 2.24) is 4.90 Å². The lowest BCUT2D eigenvalue weighted by molar-refractivity contribution is -0.131. The SMILES string of the molecule is CN(CCO)C(=O)c1cccc(/C=C/C(=O)O)c1. The van der Waals surface area contributed by atoms with Gasteiger partial charge in [-0.15, -0.1) is 0 Å². The number of carboxylic acid groups (broad SMARTS) is 1. The second-order valence-electron chi connectivity index (χ2n) is 3.75. The first kappa shape index (κ1) is 13.9. The van der Waals surface area contributed by atoms with Crippen molar-refractivity contribution in [3.63, 3.8) is 0 Å². The number of amides is 1. The Bertz CT molecular complexity index is 468. The van der Waals surface area contributed by atoms with Crippen LogP contribution >= 0.6 is 0 Å². The first-order valence-corrected chi connectivity index (χ1v) is 5.42. The molecule has 0 radical (unpaired) electrons. The highest BCUT2D eigenvalue weighted by molar-refractivity contribution is 5.95. The lowest BCUT2D eigenvalue weighted by Crippen LogP contribution is -2.29. The molecule has 0 aromatic heterocycles. The Balaban J connectivity index is 2.88. The Labute approximate surface area is 105 Å². The van der Waals surface area contributed by atoms with Crippen molar-refractivity contribution in [1.29, 1.82) is 0 Å². The Morgan fingerprint density at radius 3 is 2.72 bits per heavy atom. The third-order valence-corrected chi connectivity index (χ3v) is 2.33. The van der Waals surface area contributed by atoms with E-state index in [1.165, 1.54) is 11.0 Å². The van der Waals surface area contributed by atoms with Gasteiger partial charge in [0.25, 0.3) is 5.91 Å². The van der Waals surface area contributed by atoms with Gasteiger partial charge in [-0.25, -0.2) is 4.79 Å². The van der Waals surface area contributed by atoms with E-state index in [0.717, 1.165) is 6.08 Å². The number of benzene rings is 1. The summed E-state index contributed by atoms with van der Waals surface area (Å²) in [4.78, 5) is 23.7. The summed E-state index contributed by atoms with van der Waals surface area (Å²) in [5, 5.41) is 17.3. The smallest absolute Gasteiger partial charge is 0.328 e. The molecular weight excluding hydrogens is 234 g/mol. The molecule has 5 nitrogen and oxygen atoms in total. The van der Waals surface area contributed by atoms with Gasteiger partial charge in [-0.3, -0.25) is 4.79 Å². The Kier molecular flexibility index (Phi) is 5.07. The molecule has 96 valence electrons. The van der Waals surface area contributed by atoms with Gasteiger partial charge in [0.2, 0.25) is 0 Å². The summed E-state index contributed by atoms with van der Waals surface area (Å²) in [5.74, 6) is -1.25. The molecule has 0 saturated carbocycles. The van der Waals surface area contributed by atoms with E-state index in [9.17, 15) is 9.59 Å². The molecule has 5 heteroatoms. The number of carboxylic acids is 1. The van der Waals surface area contributed by atoms with Gasteiger partial charge >= 0.3 is 5.97 Å². The number of rotatable bonds is 5. The van der Waals surface area contributed by atoms with E-state index in [-0.39, 0.29) is 19.1 Å². The third kappa shape index (κ3) is 4.03. The maximum Gasteiger partial charge on any atom is 0.328 e. The van der Waals surface area contributed by atoms with E-state index < -0.39 is 5.97 Å². The van der Waals surface area contributed by atoms with Crippen molar-refractivity contribution < 1.29 is 19.8 Å². The largest absolute Gasteiger partial charge is 0.478 e. The van der Waals surface area contributed by atoms with Crippen molar-refractivity contribution in [3.8, 4) is 0 Å². The summed E-state index contributed by atoms with van der Waals surface area (Å²) < 4.78 is 0. The normalized spacial score (nSPS) is 10.6. The van der Waals surface area contributed by atoms with Crippen molar-refractivity contribution in [2.75, 3.05) is 20.2 Å². The molecule has 1 aromatic carbocycles. The lowest BCUT2D eigenvalue weighted by Gasteiger charge is -2.15. The maximum atomic E-state index is 11.9. The zero-order chi connectivity index (χ0) is 13.5. The number of likely N-dealkylation sites (N-methyl/N-ethyl adjacent to an activating group) is 1. The highest BCUT2D eigenvalue weighted by Crippen LogP contribution is 2.09. The van der Waals surface area contributed by atoms with Crippen molar-refractivity contribution in [2.45, 2.75) is 0 Å². The summed E-state index contributed by atoms with van der Waals surface area (Å²) in [7, 11) is 1.60. The van der Waals surface area contributed by atoms with E-state index in [2.05, 4.69) is 0 Å². The molecule has 0 atom stereocenters. The average Bonchev–Trinajstić information content (AvgIpc) is 2.36. The minimum Gasteiger partial charge on any atom is -0.478 e. The number of aliphatic carboxylic acids is 1. The van der Waals surface area contributed by atoms with Crippen molar-refractivity contribution >= 4 is 18.0 Å². The summed E-state index contributed by atoms with van der Waals surface area (Å²) in [5.41, 5.74) is 1.10. The lowest BCUT2D eigenvalue weighted by atomic mass is 10.1. The van der Waals surface area contributed by atoms with E-state index in [4.69, 9.17) is 10.2 Å². The predicted molar refractivity (Wildman–Crippen MR) is 67.2 cm³/mol. The molecule has 2 N–H and O–H groups in total. The van der Waals surface area contributed by atoms with Crippen LogP contribution in [-0.2, 0) is 4.79 Å². The third-order valence-electron chi connectivity index (χ3n) is 2.33. The monoisotopic (exact) mass is 249 g/mol. The van der Waals surface area contributed by atoms with Crippen LogP contribution in [0.15, 0.2) is 30.3 Å². The Morgan fingerprint density at radius 2 is 2.11 bits per heavy atom. The molecule has 0 aliphatic carbocycles. The van der Waals surface area contributed by atoms with Crippen LogP contribution in [0.25, 0.3) is 6.08 Å². The summed E-state index contributed by atoms with van der Waals surface area (Å²) >= 11 is 0. The predicted octanol–water partition coefficient (Wildman–Crippen LogP) is 0.849. The zero-order valence-electron chi connectivity index (χ0n) is 10.0. The number of carbonyl (C=O) groups excluding carboxylic acids is 1. The van der Waals surface area contributed by atoms with Crippen LogP contribution in [0.4, 0.5) is 0 Å². The molecule has 1 rings (SSSR count). The van der Waals surface area contributed by atoms with Crippen molar-refractivity contribution in [2.24, 2.45) is 0 Å². The van der Waals surface area contributed by atoms with Gasteiger partial charge in [0.1, 0.15) is 0 Å². The van der Waals surface area contributed by atoms with Gasteiger partial charge in [-0.1, -0.05) is 12.1 Å². The van der Waals surface area contributed by atoms with Crippen LogP contribution in [0, 0.1) is 0 Å². The molecule has 0 fully saturated rings. The van der Waals surface area contributed by atoms with E-state index in [1.54, 1.807) is 31.3 Å². The van der Waals surface area contributed by atoms with E-state index in [0.29, 0.717) is 11.1 Å². The second-order valence-corrected chi connectivity index (χ2v) is 3.75. The molecule has 0 unspecified atom stereocenters. The van der Waals surface area contributed by atoms with Gasteiger partial charge in [-0.05, 0) is 23.8 Å². The topological polar surface area (TPSA) is 77.8 Å². The highest BCUT2D eigenvalue weighted by Gasteiger charge is 2.10. The first-order chi connectivity index (χ1) is 8.54. The average molecular weight is 249 g/mol. The fraction of sp³-hybridized carbons (Fsp3) is 0.231. The molecule has 0 saturated heterocycles. The van der Waals surface area contributed by atoms with Crippen molar-refractivity contribution in [3.05, 3.63) is 41.5 Å². The molecule has 0 aliphatic heterocycles. The Morgan fingerprint density at radius 1 is 1.39 bits per heavy atom. The molecule has 0 bridgehead atoms.